The summed E-state index contributed by atoms with van der Waals surface area (Å²) in [5.74, 6) is -1.51. The summed E-state index contributed by atoms with van der Waals surface area (Å²) in [6.07, 6.45) is -3.04. The van der Waals surface area contributed by atoms with Gasteiger partial charge >= 0.3 is 6.18 Å². The van der Waals surface area contributed by atoms with Crippen molar-refractivity contribution in [2.75, 3.05) is 19.0 Å². The Morgan fingerprint density at radius 3 is 2.42 bits per heavy atom. The van der Waals surface area contributed by atoms with E-state index in [-0.39, 0.29) is 16.3 Å². The van der Waals surface area contributed by atoms with Crippen molar-refractivity contribution in [1.29, 1.82) is 0 Å². The summed E-state index contributed by atoms with van der Waals surface area (Å²) in [5.41, 5.74) is 2.22. The van der Waals surface area contributed by atoms with Gasteiger partial charge in [0.15, 0.2) is 0 Å². The summed E-state index contributed by atoms with van der Waals surface area (Å²) in [4.78, 5) is 39.0. The van der Waals surface area contributed by atoms with Gasteiger partial charge in [-0.15, -0.1) is 0 Å². The molecule has 1 fully saturated rings. The number of amides is 3. The van der Waals surface area contributed by atoms with E-state index in [0.29, 0.717) is 11.8 Å². The number of thioether (sulfide) groups is 1. The van der Waals surface area contributed by atoms with Crippen LogP contribution >= 0.6 is 27.7 Å². The normalized spacial score (nSPS) is 14.9. The number of benzene rings is 2. The molecule has 1 saturated heterocycles. The van der Waals surface area contributed by atoms with E-state index in [1.807, 2.05) is 48.7 Å². The minimum absolute atomic E-state index is 0.00140. The van der Waals surface area contributed by atoms with Crippen LogP contribution in [0.1, 0.15) is 22.5 Å². The van der Waals surface area contributed by atoms with Crippen LogP contribution in [-0.2, 0) is 15.8 Å². The van der Waals surface area contributed by atoms with Crippen molar-refractivity contribution in [2.24, 2.45) is 0 Å². The summed E-state index contributed by atoms with van der Waals surface area (Å²) in [5, 5.41) is 1.64. The number of alkyl halides is 3. The van der Waals surface area contributed by atoms with Crippen LogP contribution in [0, 0.1) is 13.8 Å². The first-order chi connectivity index (χ1) is 17.9. The van der Waals surface area contributed by atoms with Gasteiger partial charge < -0.3 is 14.6 Å². The van der Waals surface area contributed by atoms with E-state index in [0.717, 1.165) is 50.2 Å². The summed E-state index contributed by atoms with van der Waals surface area (Å²) in [6, 6.07) is 12.2. The molecule has 0 saturated carbocycles. The zero-order chi connectivity index (χ0) is 27.8. The molecule has 7 nitrogen and oxygen atoms in total. The van der Waals surface area contributed by atoms with Crippen molar-refractivity contribution in [2.45, 2.75) is 20.0 Å². The second-order valence-electron chi connectivity index (χ2n) is 8.37. The molecule has 1 aliphatic rings. The second-order valence-corrected chi connectivity index (χ2v) is 10.3. The molecule has 0 spiro atoms. The molecule has 0 bridgehead atoms. The highest BCUT2D eigenvalue weighted by Gasteiger charge is 2.37. The summed E-state index contributed by atoms with van der Waals surface area (Å²) < 4.78 is 47.3. The van der Waals surface area contributed by atoms with Crippen LogP contribution in [0.3, 0.4) is 0 Å². The maximum absolute atomic E-state index is 13.1. The number of nitrogens with one attached hydrogen (secondary N) is 1. The maximum atomic E-state index is 13.1. The first-order valence-corrected chi connectivity index (χ1v) is 12.8. The van der Waals surface area contributed by atoms with Gasteiger partial charge in [0.2, 0.25) is 5.91 Å². The lowest BCUT2D eigenvalue weighted by molar-refractivity contribution is -0.137. The molecule has 1 N–H and O–H groups in total. The molecule has 38 heavy (non-hydrogen) atoms. The van der Waals surface area contributed by atoms with Gasteiger partial charge in [-0.3, -0.25) is 19.3 Å². The van der Waals surface area contributed by atoms with Crippen LogP contribution < -0.4 is 10.1 Å². The van der Waals surface area contributed by atoms with Gasteiger partial charge in [-0.1, -0.05) is 15.9 Å². The molecule has 0 radical (unpaired) electrons. The number of nitrogens with zero attached hydrogens (tertiary/aromatic N) is 2. The van der Waals surface area contributed by atoms with E-state index >= 15 is 0 Å². The average molecular weight is 608 g/mol. The van der Waals surface area contributed by atoms with Crippen molar-refractivity contribution in [3.8, 4) is 11.4 Å². The van der Waals surface area contributed by atoms with Crippen LogP contribution in [-0.4, -0.2) is 40.2 Å². The van der Waals surface area contributed by atoms with Crippen molar-refractivity contribution >= 4 is 56.5 Å². The Hall–Kier alpha value is -3.51. The van der Waals surface area contributed by atoms with Crippen molar-refractivity contribution in [1.82, 2.24) is 9.47 Å². The highest BCUT2D eigenvalue weighted by Crippen LogP contribution is 2.36. The topological polar surface area (TPSA) is 80.6 Å². The van der Waals surface area contributed by atoms with E-state index in [2.05, 4.69) is 21.2 Å². The van der Waals surface area contributed by atoms with Crippen LogP contribution in [0.5, 0.6) is 5.75 Å². The molecule has 198 valence electrons. The van der Waals surface area contributed by atoms with Gasteiger partial charge in [0.25, 0.3) is 11.1 Å². The smallest absolute Gasteiger partial charge is 0.416 e. The highest BCUT2D eigenvalue weighted by molar-refractivity contribution is 9.10. The molecule has 4 rings (SSSR count). The van der Waals surface area contributed by atoms with E-state index in [1.54, 1.807) is 6.08 Å². The molecule has 2 heterocycles. The molecule has 0 unspecified atom stereocenters. The van der Waals surface area contributed by atoms with Crippen LogP contribution in [0.2, 0.25) is 0 Å². The number of aromatic nitrogens is 1. The molecule has 3 amide bonds. The van der Waals surface area contributed by atoms with Gasteiger partial charge in [-0.05, 0) is 85.8 Å². The van der Waals surface area contributed by atoms with Crippen LogP contribution in [0.25, 0.3) is 11.8 Å². The van der Waals surface area contributed by atoms with Crippen molar-refractivity contribution in [3.63, 3.8) is 0 Å². The summed E-state index contributed by atoms with van der Waals surface area (Å²) >= 11 is 4.10. The fourth-order valence-corrected chi connectivity index (χ4v) is 5.11. The van der Waals surface area contributed by atoms with Gasteiger partial charge in [-0.2, -0.15) is 13.2 Å². The Morgan fingerprint density at radius 1 is 1.11 bits per heavy atom. The minimum atomic E-state index is -4.63. The highest BCUT2D eigenvalue weighted by atomic mass is 79.9. The van der Waals surface area contributed by atoms with Gasteiger partial charge in [0.05, 0.1) is 23.3 Å². The molecule has 2 aromatic carbocycles. The lowest BCUT2D eigenvalue weighted by Crippen LogP contribution is -2.36. The van der Waals surface area contributed by atoms with Crippen LogP contribution in [0.15, 0.2) is 57.9 Å². The Morgan fingerprint density at radius 2 is 1.79 bits per heavy atom. The molecule has 1 aliphatic heterocycles. The Balaban J connectivity index is 1.53. The monoisotopic (exact) mass is 607 g/mol. The number of anilines is 1. The molecule has 3 aromatic rings. The minimum Gasteiger partial charge on any atom is -0.495 e. The maximum Gasteiger partial charge on any atom is 0.416 e. The molecule has 0 aliphatic carbocycles. The molecule has 12 heteroatoms. The van der Waals surface area contributed by atoms with E-state index in [1.165, 1.54) is 7.11 Å². The average Bonchev–Trinajstić information content (AvgIpc) is 3.28. The number of halogens is 4. The van der Waals surface area contributed by atoms with Crippen molar-refractivity contribution in [3.05, 3.63) is 80.4 Å². The summed E-state index contributed by atoms with van der Waals surface area (Å²) in [6.45, 7) is 3.14. The number of rotatable bonds is 6. The number of imide groups is 1. The predicted molar refractivity (Wildman–Crippen MR) is 142 cm³/mol. The number of ether oxygens (including phenoxy) is 1. The first-order valence-electron chi connectivity index (χ1n) is 11.1. The SMILES string of the molecule is COc1ccc(C(F)(F)F)cc1NC(=O)CN1C(=O)S/C(=C\c2cc(C)n(-c3ccc(Br)cc3)c2C)C1=O. The molecular formula is C26H21BrF3N3O4S. The fourth-order valence-electron chi connectivity index (χ4n) is 4.01. The van der Waals surface area contributed by atoms with Gasteiger partial charge in [0, 0.05) is 21.5 Å². The largest absolute Gasteiger partial charge is 0.495 e. The number of carbonyl (C=O) groups is 3. The Bertz CT molecular complexity index is 1470. The number of hydrogen-bond acceptors (Lipinski definition) is 5. The standard InChI is InChI=1S/C26H21BrF3N3O4S/c1-14-10-16(15(2)33(14)19-7-5-18(27)6-8-19)11-22-24(35)32(25(36)38-22)13-23(34)31-20-12-17(26(28,29)30)4-9-21(20)37-3/h4-12H,13H2,1-3H3,(H,31,34)/b22-11-. The molecular weight excluding hydrogens is 587 g/mol. The van der Waals surface area contributed by atoms with Crippen molar-refractivity contribution < 1.29 is 32.3 Å². The number of carbonyl (C=O) groups excluding carboxylic acids is 3. The zero-order valence-electron chi connectivity index (χ0n) is 20.4. The first kappa shape index (κ1) is 27.5. The number of hydrogen-bond donors (Lipinski definition) is 1. The lowest BCUT2D eigenvalue weighted by atomic mass is 10.1. The predicted octanol–water partition coefficient (Wildman–Crippen LogP) is 6.56. The van der Waals surface area contributed by atoms with Gasteiger partial charge in [-0.25, -0.2) is 0 Å². The second kappa shape index (κ2) is 10.7. The van der Waals surface area contributed by atoms with E-state index < -0.39 is 35.3 Å². The van der Waals surface area contributed by atoms with Gasteiger partial charge in [0.1, 0.15) is 12.3 Å². The fraction of sp³-hybridized carbons (Fsp3) is 0.192. The van der Waals surface area contributed by atoms with Crippen LogP contribution in [0.4, 0.5) is 23.7 Å². The van der Waals surface area contributed by atoms with E-state index in [4.69, 9.17) is 4.74 Å². The Kier molecular flexibility index (Phi) is 7.75. The summed E-state index contributed by atoms with van der Waals surface area (Å²) in [7, 11) is 1.24. The third kappa shape index (κ3) is 5.65. The number of methoxy groups -OCH3 is 1. The zero-order valence-corrected chi connectivity index (χ0v) is 22.8. The third-order valence-corrected chi connectivity index (χ3v) is 7.25. The lowest BCUT2D eigenvalue weighted by Gasteiger charge is -2.16. The third-order valence-electron chi connectivity index (χ3n) is 5.82. The number of aryl methyl sites for hydroxylation is 1. The Labute approximate surface area is 228 Å². The molecule has 0 atom stereocenters. The molecule has 1 aromatic heterocycles. The van der Waals surface area contributed by atoms with E-state index in [9.17, 15) is 27.6 Å². The quantitative estimate of drug-likeness (QED) is 0.321.